The van der Waals surface area contributed by atoms with E-state index in [2.05, 4.69) is 45.2 Å². The van der Waals surface area contributed by atoms with Crippen LogP contribution in [0.2, 0.25) is 0 Å². The van der Waals surface area contributed by atoms with Crippen molar-refractivity contribution in [2.75, 3.05) is 13.1 Å². The molecule has 1 fully saturated rings. The minimum atomic E-state index is -0.155. The Kier molecular flexibility index (Phi) is 5.67. The summed E-state index contributed by atoms with van der Waals surface area (Å²) in [4.78, 5) is 2.52. The molecular formula is C21H32FN. The van der Waals surface area contributed by atoms with Gasteiger partial charge < -0.3 is 0 Å². The second kappa shape index (κ2) is 7.17. The fourth-order valence-electron chi connectivity index (χ4n) is 3.94. The van der Waals surface area contributed by atoms with Gasteiger partial charge in [-0.3, -0.25) is 4.90 Å². The van der Waals surface area contributed by atoms with Crippen LogP contribution in [0.4, 0.5) is 4.39 Å². The lowest BCUT2D eigenvalue weighted by atomic mass is 9.58. The number of rotatable bonds is 6. The average molecular weight is 317 g/mol. The molecule has 1 aliphatic rings. The van der Waals surface area contributed by atoms with E-state index >= 15 is 0 Å². The van der Waals surface area contributed by atoms with Crippen LogP contribution in [0.15, 0.2) is 36.9 Å². The van der Waals surface area contributed by atoms with Crippen molar-refractivity contribution in [3.8, 4) is 0 Å². The van der Waals surface area contributed by atoms with E-state index in [0.29, 0.717) is 11.3 Å². The Hall–Kier alpha value is -1.15. The van der Waals surface area contributed by atoms with E-state index in [1.807, 2.05) is 12.1 Å². The number of hydrogen-bond donors (Lipinski definition) is 0. The van der Waals surface area contributed by atoms with Crippen LogP contribution in [0, 0.1) is 22.6 Å². The van der Waals surface area contributed by atoms with Crippen molar-refractivity contribution in [1.82, 2.24) is 4.90 Å². The molecule has 1 nitrogen and oxygen atoms in total. The van der Waals surface area contributed by atoms with Crippen molar-refractivity contribution in [3.05, 3.63) is 48.3 Å². The smallest absolute Gasteiger partial charge is 0.123 e. The van der Waals surface area contributed by atoms with Crippen molar-refractivity contribution >= 4 is 0 Å². The Morgan fingerprint density at radius 1 is 1.22 bits per heavy atom. The number of halogens is 1. The van der Waals surface area contributed by atoms with Crippen LogP contribution >= 0.6 is 0 Å². The molecule has 0 saturated carbocycles. The fourth-order valence-corrected chi connectivity index (χ4v) is 3.94. The summed E-state index contributed by atoms with van der Waals surface area (Å²) >= 11 is 0. The molecule has 2 rings (SSSR count). The van der Waals surface area contributed by atoms with Crippen molar-refractivity contribution < 1.29 is 4.39 Å². The van der Waals surface area contributed by atoms with Gasteiger partial charge in [-0.1, -0.05) is 45.9 Å². The fraction of sp³-hybridized carbons (Fsp3) is 0.619. The maximum absolute atomic E-state index is 13.0. The second-order valence-corrected chi connectivity index (χ2v) is 8.34. The molecule has 0 N–H and O–H groups in total. The molecule has 0 aliphatic carbocycles. The number of nitrogens with zero attached hydrogens (tertiary/aromatic N) is 1. The van der Waals surface area contributed by atoms with E-state index in [9.17, 15) is 4.39 Å². The first-order chi connectivity index (χ1) is 10.8. The van der Waals surface area contributed by atoms with Crippen molar-refractivity contribution in [3.63, 3.8) is 0 Å². The molecule has 1 aromatic carbocycles. The standard InChI is InChI=1S/C21H32FN/c1-6-7-13-21(5,20(2,3)4)18-12-14-23(16-18)15-17-8-10-19(22)11-9-17/h6,8-11,18H,1,7,12-16H2,2-5H3. The summed E-state index contributed by atoms with van der Waals surface area (Å²) in [6.07, 6.45) is 5.60. The highest BCUT2D eigenvalue weighted by atomic mass is 19.1. The van der Waals surface area contributed by atoms with E-state index in [-0.39, 0.29) is 11.2 Å². The number of likely N-dealkylation sites (tertiary alicyclic amines) is 1. The van der Waals surface area contributed by atoms with Gasteiger partial charge in [-0.15, -0.1) is 6.58 Å². The van der Waals surface area contributed by atoms with Gasteiger partial charge in [0.1, 0.15) is 5.82 Å². The van der Waals surface area contributed by atoms with Gasteiger partial charge in [-0.2, -0.15) is 0 Å². The lowest BCUT2D eigenvalue weighted by Gasteiger charge is -2.47. The van der Waals surface area contributed by atoms with E-state index in [1.54, 1.807) is 12.1 Å². The Morgan fingerprint density at radius 3 is 2.43 bits per heavy atom. The third-order valence-electron chi connectivity index (χ3n) is 6.07. The largest absolute Gasteiger partial charge is 0.299 e. The highest BCUT2D eigenvalue weighted by molar-refractivity contribution is 5.16. The molecule has 1 heterocycles. The molecule has 2 atom stereocenters. The maximum atomic E-state index is 13.0. The monoisotopic (exact) mass is 317 g/mol. The first-order valence-electron chi connectivity index (χ1n) is 8.84. The summed E-state index contributed by atoms with van der Waals surface area (Å²) in [7, 11) is 0. The van der Waals surface area contributed by atoms with Crippen LogP contribution in [-0.2, 0) is 6.54 Å². The van der Waals surface area contributed by atoms with E-state index in [0.717, 1.165) is 26.1 Å². The third-order valence-corrected chi connectivity index (χ3v) is 6.07. The first-order valence-corrected chi connectivity index (χ1v) is 8.84. The van der Waals surface area contributed by atoms with Crippen LogP contribution in [0.3, 0.4) is 0 Å². The molecule has 1 aliphatic heterocycles. The quantitative estimate of drug-likeness (QED) is 0.611. The number of allylic oxidation sites excluding steroid dienone is 1. The van der Waals surface area contributed by atoms with Crippen molar-refractivity contribution in [1.29, 1.82) is 0 Å². The van der Waals surface area contributed by atoms with Gasteiger partial charge in [-0.05, 0) is 60.3 Å². The van der Waals surface area contributed by atoms with E-state index < -0.39 is 0 Å². The third kappa shape index (κ3) is 4.23. The van der Waals surface area contributed by atoms with Gasteiger partial charge in [-0.25, -0.2) is 4.39 Å². The Bertz CT molecular complexity index is 514. The van der Waals surface area contributed by atoms with Crippen LogP contribution in [0.25, 0.3) is 0 Å². The van der Waals surface area contributed by atoms with Crippen molar-refractivity contribution in [2.45, 2.75) is 53.5 Å². The highest BCUT2D eigenvalue weighted by Gasteiger charge is 2.45. The SMILES string of the molecule is C=CCCC(C)(C1CCN(Cc2ccc(F)cc2)C1)C(C)(C)C. The van der Waals surface area contributed by atoms with Crippen LogP contribution in [0.5, 0.6) is 0 Å². The summed E-state index contributed by atoms with van der Waals surface area (Å²) in [5.41, 5.74) is 1.81. The molecule has 0 amide bonds. The van der Waals surface area contributed by atoms with Gasteiger partial charge >= 0.3 is 0 Å². The van der Waals surface area contributed by atoms with Crippen LogP contribution < -0.4 is 0 Å². The lowest BCUT2D eigenvalue weighted by molar-refractivity contribution is 0.0287. The predicted octanol–water partition coefficient (Wildman–Crippen LogP) is 5.67. The van der Waals surface area contributed by atoms with E-state index in [1.165, 1.54) is 18.4 Å². The number of hydrogen-bond acceptors (Lipinski definition) is 1. The molecule has 0 radical (unpaired) electrons. The zero-order valence-electron chi connectivity index (χ0n) is 15.2. The molecule has 0 aromatic heterocycles. The van der Waals surface area contributed by atoms with Gasteiger partial charge in [0.05, 0.1) is 0 Å². The molecule has 2 heteroatoms. The molecule has 1 aromatic rings. The normalized spacial score (nSPS) is 22.0. The molecule has 2 unspecified atom stereocenters. The Labute approximate surface area is 141 Å². The Morgan fingerprint density at radius 2 is 1.87 bits per heavy atom. The van der Waals surface area contributed by atoms with Gasteiger partial charge in [0.15, 0.2) is 0 Å². The van der Waals surface area contributed by atoms with Gasteiger partial charge in [0.25, 0.3) is 0 Å². The topological polar surface area (TPSA) is 3.24 Å². The summed E-state index contributed by atoms with van der Waals surface area (Å²) in [5.74, 6) is 0.556. The summed E-state index contributed by atoms with van der Waals surface area (Å²) < 4.78 is 13.0. The molecule has 128 valence electrons. The van der Waals surface area contributed by atoms with Gasteiger partial charge in [0, 0.05) is 13.1 Å². The summed E-state index contributed by atoms with van der Waals surface area (Å²) in [6.45, 7) is 16.7. The Balaban J connectivity index is 2.04. The predicted molar refractivity (Wildman–Crippen MR) is 96.8 cm³/mol. The average Bonchev–Trinajstić information content (AvgIpc) is 2.95. The molecule has 0 spiro atoms. The van der Waals surface area contributed by atoms with E-state index in [4.69, 9.17) is 0 Å². The maximum Gasteiger partial charge on any atom is 0.123 e. The van der Waals surface area contributed by atoms with Crippen LogP contribution in [0.1, 0.15) is 52.5 Å². The van der Waals surface area contributed by atoms with Gasteiger partial charge in [0.2, 0.25) is 0 Å². The lowest BCUT2D eigenvalue weighted by Crippen LogP contribution is -2.41. The summed E-state index contributed by atoms with van der Waals surface area (Å²) in [5, 5.41) is 0. The van der Waals surface area contributed by atoms with Crippen molar-refractivity contribution in [2.24, 2.45) is 16.7 Å². The highest BCUT2D eigenvalue weighted by Crippen LogP contribution is 2.51. The van der Waals surface area contributed by atoms with Crippen LogP contribution in [-0.4, -0.2) is 18.0 Å². The molecule has 1 saturated heterocycles. The zero-order valence-corrected chi connectivity index (χ0v) is 15.2. The minimum Gasteiger partial charge on any atom is -0.299 e. The summed E-state index contributed by atoms with van der Waals surface area (Å²) in [6, 6.07) is 6.94. The molecule has 23 heavy (non-hydrogen) atoms. The second-order valence-electron chi connectivity index (χ2n) is 8.34. The number of benzene rings is 1. The minimum absolute atomic E-state index is 0.155. The molecule has 0 bridgehead atoms. The molecular weight excluding hydrogens is 285 g/mol. The first kappa shape index (κ1) is 18.2. The zero-order chi connectivity index (χ0) is 17.1.